The zero-order valence-corrected chi connectivity index (χ0v) is 11.0. The summed E-state index contributed by atoms with van der Waals surface area (Å²) < 4.78 is 17.1. The fourth-order valence-corrected chi connectivity index (χ4v) is 3.39. The third kappa shape index (κ3) is 2.22. The summed E-state index contributed by atoms with van der Waals surface area (Å²) in [6, 6.07) is 0. The van der Waals surface area contributed by atoms with Crippen LogP contribution >= 0.6 is 0 Å². The van der Waals surface area contributed by atoms with E-state index in [0.29, 0.717) is 18.8 Å². The second kappa shape index (κ2) is 4.33. The van der Waals surface area contributed by atoms with E-state index in [-0.39, 0.29) is 18.1 Å². The van der Waals surface area contributed by atoms with E-state index >= 15 is 0 Å². The fourth-order valence-electron chi connectivity index (χ4n) is 3.39. The Kier molecular flexibility index (Phi) is 2.72. The van der Waals surface area contributed by atoms with E-state index in [1.54, 1.807) is 0 Å². The first-order valence-corrected chi connectivity index (χ1v) is 7.25. The van der Waals surface area contributed by atoms with Gasteiger partial charge in [-0.1, -0.05) is 6.58 Å². The Bertz CT molecular complexity index is 430. The van der Waals surface area contributed by atoms with Crippen molar-refractivity contribution in [1.82, 2.24) is 0 Å². The van der Waals surface area contributed by atoms with Crippen molar-refractivity contribution < 1.29 is 19.3 Å². The number of rotatable bonds is 5. The SMILES string of the molecule is C=C1C=C1OCC1CCC(OC2CCC3OC23)C1O. The lowest BCUT2D eigenvalue weighted by molar-refractivity contribution is -0.0842. The van der Waals surface area contributed by atoms with Gasteiger partial charge in [-0.05, 0) is 31.8 Å². The molecule has 0 aromatic heterocycles. The molecule has 4 nitrogen and oxygen atoms in total. The minimum Gasteiger partial charge on any atom is -0.493 e. The predicted molar refractivity (Wildman–Crippen MR) is 68.5 cm³/mol. The molecule has 6 atom stereocenters. The van der Waals surface area contributed by atoms with E-state index in [1.165, 1.54) is 0 Å². The lowest BCUT2D eigenvalue weighted by atomic mass is 10.1. The summed E-state index contributed by atoms with van der Waals surface area (Å²) in [6.45, 7) is 4.36. The van der Waals surface area contributed by atoms with Gasteiger partial charge in [0.2, 0.25) is 0 Å². The first-order valence-electron chi connectivity index (χ1n) is 7.25. The number of aliphatic hydroxyl groups excluding tert-OH is 1. The van der Waals surface area contributed by atoms with Gasteiger partial charge in [0.05, 0.1) is 31.0 Å². The molecule has 0 radical (unpaired) electrons. The maximum absolute atomic E-state index is 10.3. The maximum atomic E-state index is 10.3. The number of epoxide rings is 1. The van der Waals surface area contributed by atoms with Crippen molar-refractivity contribution in [3.8, 4) is 0 Å². The Morgan fingerprint density at radius 3 is 2.68 bits per heavy atom. The van der Waals surface area contributed by atoms with Gasteiger partial charge in [0.15, 0.2) is 0 Å². The molecule has 1 heterocycles. The van der Waals surface area contributed by atoms with E-state index in [1.807, 2.05) is 6.08 Å². The molecule has 19 heavy (non-hydrogen) atoms. The van der Waals surface area contributed by atoms with Crippen LogP contribution in [0.3, 0.4) is 0 Å². The molecule has 3 fully saturated rings. The molecule has 0 bridgehead atoms. The van der Waals surface area contributed by atoms with Crippen LogP contribution in [0.5, 0.6) is 0 Å². The van der Waals surface area contributed by atoms with Crippen molar-refractivity contribution in [2.45, 2.75) is 56.2 Å². The van der Waals surface area contributed by atoms with E-state index in [0.717, 1.165) is 37.0 Å². The average molecular weight is 264 g/mol. The summed E-state index contributed by atoms with van der Waals surface area (Å²) in [6.07, 6.45) is 6.49. The predicted octanol–water partition coefficient (Wildman–Crippen LogP) is 1.54. The fraction of sp³-hybridized carbons (Fsp3) is 0.733. The molecule has 2 saturated carbocycles. The van der Waals surface area contributed by atoms with Crippen LogP contribution in [0.4, 0.5) is 0 Å². The molecule has 3 aliphatic carbocycles. The highest BCUT2D eigenvalue weighted by Crippen LogP contribution is 2.42. The Labute approximate surface area is 113 Å². The van der Waals surface area contributed by atoms with Gasteiger partial charge in [0.25, 0.3) is 0 Å². The van der Waals surface area contributed by atoms with Crippen LogP contribution in [0, 0.1) is 5.92 Å². The van der Waals surface area contributed by atoms with Crippen molar-refractivity contribution in [2.75, 3.05) is 6.61 Å². The molecule has 4 heteroatoms. The van der Waals surface area contributed by atoms with E-state index in [9.17, 15) is 5.11 Å². The Hall–Kier alpha value is -0.840. The van der Waals surface area contributed by atoms with Crippen LogP contribution in [0.2, 0.25) is 0 Å². The van der Waals surface area contributed by atoms with Gasteiger partial charge >= 0.3 is 0 Å². The maximum Gasteiger partial charge on any atom is 0.126 e. The number of allylic oxidation sites excluding steroid dienone is 2. The van der Waals surface area contributed by atoms with Crippen LogP contribution in [0.15, 0.2) is 24.0 Å². The summed E-state index contributed by atoms with van der Waals surface area (Å²) in [5, 5.41) is 10.3. The van der Waals surface area contributed by atoms with Gasteiger partial charge < -0.3 is 19.3 Å². The van der Waals surface area contributed by atoms with Crippen molar-refractivity contribution >= 4 is 0 Å². The second-order valence-electron chi connectivity index (χ2n) is 6.10. The number of hydrogen-bond donors (Lipinski definition) is 1. The quantitative estimate of drug-likeness (QED) is 0.765. The summed E-state index contributed by atoms with van der Waals surface area (Å²) in [4.78, 5) is 0. The first kappa shape index (κ1) is 11.9. The lowest BCUT2D eigenvalue weighted by Crippen LogP contribution is -2.34. The third-order valence-corrected chi connectivity index (χ3v) is 4.75. The summed E-state index contributed by atoms with van der Waals surface area (Å²) in [5.41, 5.74) is 0.975. The van der Waals surface area contributed by atoms with E-state index < -0.39 is 6.10 Å². The number of hydrogen-bond acceptors (Lipinski definition) is 4. The molecule has 0 amide bonds. The van der Waals surface area contributed by atoms with Crippen LogP contribution in [-0.2, 0) is 14.2 Å². The molecule has 6 unspecified atom stereocenters. The summed E-state index contributed by atoms with van der Waals surface area (Å²) >= 11 is 0. The van der Waals surface area contributed by atoms with Crippen LogP contribution in [0.1, 0.15) is 25.7 Å². The molecule has 1 N–H and O–H groups in total. The molecule has 0 spiro atoms. The molecular weight excluding hydrogens is 244 g/mol. The summed E-state index contributed by atoms with van der Waals surface area (Å²) in [7, 11) is 0. The zero-order chi connectivity index (χ0) is 13.0. The van der Waals surface area contributed by atoms with E-state index in [4.69, 9.17) is 14.2 Å². The second-order valence-corrected chi connectivity index (χ2v) is 6.10. The molecule has 0 aromatic rings. The topological polar surface area (TPSA) is 51.2 Å². The minimum atomic E-state index is -0.412. The average Bonchev–Trinajstić information content (AvgIpc) is 3.26. The highest BCUT2D eigenvalue weighted by molar-refractivity contribution is 5.50. The highest BCUT2D eigenvalue weighted by Gasteiger charge is 2.52. The third-order valence-electron chi connectivity index (χ3n) is 4.75. The van der Waals surface area contributed by atoms with Crippen LogP contribution < -0.4 is 0 Å². The zero-order valence-electron chi connectivity index (χ0n) is 11.0. The largest absolute Gasteiger partial charge is 0.493 e. The van der Waals surface area contributed by atoms with Crippen molar-refractivity contribution in [3.05, 3.63) is 24.0 Å². The Morgan fingerprint density at radius 1 is 1.26 bits per heavy atom. The van der Waals surface area contributed by atoms with Crippen molar-refractivity contribution in [2.24, 2.45) is 5.92 Å². The number of ether oxygens (including phenoxy) is 3. The first-order chi connectivity index (χ1) is 9.22. The van der Waals surface area contributed by atoms with Crippen LogP contribution in [-0.4, -0.2) is 42.2 Å². The monoisotopic (exact) mass is 264 g/mol. The van der Waals surface area contributed by atoms with Gasteiger partial charge in [-0.15, -0.1) is 0 Å². The minimum absolute atomic E-state index is 0.0436. The standard InChI is InChI=1S/C15H20O4/c1-8-6-13(8)17-7-9-2-3-10(14(9)16)18-11-4-5-12-15(11)19-12/h6,9-12,14-16H,1-5,7H2. The van der Waals surface area contributed by atoms with Gasteiger partial charge in [-0.25, -0.2) is 0 Å². The van der Waals surface area contributed by atoms with Gasteiger partial charge in [-0.3, -0.25) is 0 Å². The smallest absolute Gasteiger partial charge is 0.126 e. The normalized spacial score (nSPS) is 47.0. The number of aliphatic hydroxyl groups is 1. The van der Waals surface area contributed by atoms with Crippen molar-refractivity contribution in [3.63, 3.8) is 0 Å². The molecule has 4 aliphatic rings. The molecule has 1 saturated heterocycles. The lowest BCUT2D eigenvalue weighted by Gasteiger charge is -2.23. The Morgan fingerprint density at radius 2 is 2.05 bits per heavy atom. The summed E-state index contributed by atoms with van der Waals surface area (Å²) in [5.74, 6) is 1.07. The molecule has 0 aromatic carbocycles. The van der Waals surface area contributed by atoms with Gasteiger partial charge in [0.1, 0.15) is 11.9 Å². The molecular formula is C15H20O4. The van der Waals surface area contributed by atoms with Gasteiger partial charge in [-0.2, -0.15) is 0 Å². The van der Waals surface area contributed by atoms with Crippen molar-refractivity contribution in [1.29, 1.82) is 0 Å². The Balaban J connectivity index is 1.27. The number of fused-ring (bicyclic) bond motifs is 1. The van der Waals surface area contributed by atoms with E-state index in [2.05, 4.69) is 6.58 Å². The van der Waals surface area contributed by atoms with Gasteiger partial charge in [0, 0.05) is 11.5 Å². The molecule has 1 aliphatic heterocycles. The molecule has 4 rings (SSSR count). The van der Waals surface area contributed by atoms with Crippen LogP contribution in [0.25, 0.3) is 0 Å². The highest BCUT2D eigenvalue weighted by atomic mass is 16.6. The molecule has 104 valence electrons.